The molecule has 3 nitrogen and oxygen atoms in total. The number of nitrogens with zero attached hydrogens (tertiary/aromatic N) is 1. The molecule has 0 aromatic rings. The van der Waals surface area contributed by atoms with Crippen LogP contribution in [0.5, 0.6) is 0 Å². The molecule has 0 spiro atoms. The Morgan fingerprint density at radius 1 is 1.67 bits per heavy atom. The Morgan fingerprint density at radius 3 is 2.83 bits per heavy atom. The van der Waals surface area contributed by atoms with Crippen molar-refractivity contribution in [1.29, 1.82) is 0 Å². The van der Waals surface area contributed by atoms with Gasteiger partial charge in [-0.3, -0.25) is 4.79 Å². The van der Waals surface area contributed by atoms with E-state index in [1.807, 2.05) is 7.05 Å². The van der Waals surface area contributed by atoms with E-state index in [2.05, 4.69) is 11.2 Å². The minimum Gasteiger partial charge on any atom is -0.344 e. The minimum atomic E-state index is 0.114. The van der Waals surface area contributed by atoms with Gasteiger partial charge in [-0.1, -0.05) is 0 Å². The lowest BCUT2D eigenvalue weighted by Crippen LogP contribution is -2.32. The van der Waals surface area contributed by atoms with Gasteiger partial charge >= 0.3 is 0 Å². The van der Waals surface area contributed by atoms with E-state index < -0.39 is 0 Å². The summed E-state index contributed by atoms with van der Waals surface area (Å²) in [5.74, 6) is 2.56. The lowest BCUT2D eigenvalue weighted by atomic mass is 10.3. The summed E-state index contributed by atoms with van der Waals surface area (Å²) in [5.41, 5.74) is 0. The van der Waals surface area contributed by atoms with Gasteiger partial charge in [0.05, 0.1) is 0 Å². The van der Waals surface area contributed by atoms with Crippen molar-refractivity contribution >= 4 is 5.91 Å². The van der Waals surface area contributed by atoms with Gasteiger partial charge in [-0.2, -0.15) is 0 Å². The molecule has 0 heterocycles. The summed E-state index contributed by atoms with van der Waals surface area (Å²) in [6.45, 7) is 1.55. The van der Waals surface area contributed by atoms with E-state index >= 15 is 0 Å². The molecule has 0 fully saturated rings. The van der Waals surface area contributed by atoms with Crippen LogP contribution in [0.2, 0.25) is 0 Å². The summed E-state index contributed by atoms with van der Waals surface area (Å²) in [5, 5.41) is 2.98. The number of hydrogen-bond acceptors (Lipinski definition) is 2. The van der Waals surface area contributed by atoms with Crippen LogP contribution in [0.1, 0.15) is 12.8 Å². The first-order valence-electron chi connectivity index (χ1n) is 4.04. The maximum atomic E-state index is 11.2. The smallest absolute Gasteiger partial charge is 0.223 e. The molecule has 12 heavy (non-hydrogen) atoms. The molecule has 0 atom stereocenters. The molecule has 1 N–H and O–H groups in total. The van der Waals surface area contributed by atoms with E-state index in [1.165, 1.54) is 0 Å². The number of carbonyl (C=O) groups excluding carboxylic acids is 1. The fourth-order valence-corrected chi connectivity index (χ4v) is 0.774. The maximum absolute atomic E-state index is 11.2. The molecule has 0 unspecified atom stereocenters. The minimum absolute atomic E-state index is 0.114. The van der Waals surface area contributed by atoms with E-state index in [0.29, 0.717) is 12.8 Å². The van der Waals surface area contributed by atoms with Gasteiger partial charge in [0.1, 0.15) is 0 Å². The number of amides is 1. The number of rotatable bonds is 5. The summed E-state index contributed by atoms with van der Waals surface area (Å²) in [7, 11) is 3.65. The van der Waals surface area contributed by atoms with Crippen LogP contribution in [0.3, 0.4) is 0 Å². The standard InChI is InChI=1S/C9H16N2O/c1-4-5-6-9(12)11(3)8-7-10-2/h1,10H,5-8H2,2-3H3. The Balaban J connectivity index is 3.55. The van der Waals surface area contributed by atoms with Crippen molar-refractivity contribution in [2.24, 2.45) is 0 Å². The van der Waals surface area contributed by atoms with Gasteiger partial charge in [0.15, 0.2) is 0 Å². The summed E-state index contributed by atoms with van der Waals surface area (Å²) < 4.78 is 0. The largest absolute Gasteiger partial charge is 0.344 e. The number of terminal acetylenes is 1. The monoisotopic (exact) mass is 168 g/mol. The second-order valence-corrected chi connectivity index (χ2v) is 2.62. The molecule has 0 aliphatic carbocycles. The summed E-state index contributed by atoms with van der Waals surface area (Å²) in [6.07, 6.45) is 6.03. The van der Waals surface area contributed by atoms with Gasteiger partial charge in [0.25, 0.3) is 0 Å². The highest BCUT2D eigenvalue weighted by Crippen LogP contribution is 1.93. The zero-order valence-corrected chi connectivity index (χ0v) is 7.76. The van der Waals surface area contributed by atoms with E-state index in [0.717, 1.165) is 13.1 Å². The number of hydrogen-bond donors (Lipinski definition) is 1. The van der Waals surface area contributed by atoms with Gasteiger partial charge in [-0.05, 0) is 7.05 Å². The molecule has 0 aliphatic rings. The second-order valence-electron chi connectivity index (χ2n) is 2.62. The van der Waals surface area contributed by atoms with Gasteiger partial charge in [0, 0.05) is 33.0 Å². The van der Waals surface area contributed by atoms with Crippen molar-refractivity contribution in [2.45, 2.75) is 12.8 Å². The van der Waals surface area contributed by atoms with E-state index in [9.17, 15) is 4.79 Å². The molecule has 0 radical (unpaired) electrons. The predicted molar refractivity (Wildman–Crippen MR) is 49.6 cm³/mol. The molecule has 0 rings (SSSR count). The van der Waals surface area contributed by atoms with Crippen molar-refractivity contribution in [1.82, 2.24) is 10.2 Å². The van der Waals surface area contributed by atoms with Crippen molar-refractivity contribution in [3.05, 3.63) is 0 Å². The average molecular weight is 168 g/mol. The Labute approximate surface area is 74.1 Å². The predicted octanol–water partition coefficient (Wildman–Crippen LogP) is 0.0776. The quantitative estimate of drug-likeness (QED) is 0.589. The number of likely N-dealkylation sites (N-methyl/N-ethyl adjacent to an activating group) is 2. The van der Waals surface area contributed by atoms with Crippen LogP contribution < -0.4 is 5.32 Å². The van der Waals surface area contributed by atoms with Gasteiger partial charge in [-0.15, -0.1) is 12.3 Å². The van der Waals surface area contributed by atoms with Crippen molar-refractivity contribution < 1.29 is 4.79 Å². The summed E-state index contributed by atoms with van der Waals surface area (Å²) in [6, 6.07) is 0. The van der Waals surface area contributed by atoms with Crippen LogP contribution in [-0.4, -0.2) is 38.0 Å². The first-order chi connectivity index (χ1) is 5.72. The summed E-state index contributed by atoms with van der Waals surface area (Å²) in [4.78, 5) is 12.9. The van der Waals surface area contributed by atoms with Crippen molar-refractivity contribution in [3.63, 3.8) is 0 Å². The second kappa shape index (κ2) is 6.68. The molecular weight excluding hydrogens is 152 g/mol. The Hall–Kier alpha value is -1.01. The van der Waals surface area contributed by atoms with Crippen molar-refractivity contribution in [2.75, 3.05) is 27.2 Å². The maximum Gasteiger partial charge on any atom is 0.223 e. The van der Waals surface area contributed by atoms with E-state index in [4.69, 9.17) is 6.42 Å². The van der Waals surface area contributed by atoms with Crippen LogP contribution in [-0.2, 0) is 4.79 Å². The molecule has 0 aromatic carbocycles. The molecule has 0 aromatic heterocycles. The molecule has 68 valence electrons. The zero-order valence-electron chi connectivity index (χ0n) is 7.76. The van der Waals surface area contributed by atoms with Gasteiger partial charge < -0.3 is 10.2 Å². The highest BCUT2D eigenvalue weighted by Gasteiger charge is 2.05. The molecular formula is C9H16N2O. The Kier molecular flexibility index (Phi) is 6.12. The third kappa shape index (κ3) is 4.75. The Bertz CT molecular complexity index is 172. The van der Waals surface area contributed by atoms with Crippen molar-refractivity contribution in [3.8, 4) is 12.3 Å². The zero-order chi connectivity index (χ0) is 9.40. The van der Waals surface area contributed by atoms with Crippen LogP contribution in [0.15, 0.2) is 0 Å². The number of nitrogens with one attached hydrogen (secondary N) is 1. The van der Waals surface area contributed by atoms with Gasteiger partial charge in [-0.25, -0.2) is 0 Å². The molecule has 0 saturated heterocycles. The van der Waals surface area contributed by atoms with E-state index in [1.54, 1.807) is 11.9 Å². The lowest BCUT2D eigenvalue weighted by Gasteiger charge is -2.15. The first-order valence-corrected chi connectivity index (χ1v) is 4.04. The first kappa shape index (κ1) is 11.0. The fourth-order valence-electron chi connectivity index (χ4n) is 0.774. The molecule has 0 bridgehead atoms. The SMILES string of the molecule is C#CCCC(=O)N(C)CCNC. The van der Waals surface area contributed by atoms with Crippen LogP contribution in [0.4, 0.5) is 0 Å². The average Bonchev–Trinajstić information content (AvgIpc) is 2.10. The lowest BCUT2D eigenvalue weighted by molar-refractivity contribution is -0.129. The van der Waals surface area contributed by atoms with Crippen LogP contribution >= 0.6 is 0 Å². The molecule has 0 saturated carbocycles. The van der Waals surface area contributed by atoms with Gasteiger partial charge in [0.2, 0.25) is 5.91 Å². The fraction of sp³-hybridized carbons (Fsp3) is 0.667. The topological polar surface area (TPSA) is 32.3 Å². The summed E-state index contributed by atoms with van der Waals surface area (Å²) >= 11 is 0. The highest BCUT2D eigenvalue weighted by atomic mass is 16.2. The molecule has 3 heteroatoms. The third-order valence-corrected chi connectivity index (χ3v) is 1.61. The van der Waals surface area contributed by atoms with Crippen LogP contribution in [0, 0.1) is 12.3 Å². The molecule has 0 aliphatic heterocycles. The van der Waals surface area contributed by atoms with E-state index in [-0.39, 0.29) is 5.91 Å². The third-order valence-electron chi connectivity index (χ3n) is 1.61. The normalized spacial score (nSPS) is 9.08. The Morgan fingerprint density at radius 2 is 2.33 bits per heavy atom. The molecule has 1 amide bonds. The van der Waals surface area contributed by atoms with Crippen LogP contribution in [0.25, 0.3) is 0 Å². The highest BCUT2D eigenvalue weighted by molar-refractivity contribution is 5.76. The number of carbonyl (C=O) groups is 1.